The van der Waals surface area contributed by atoms with E-state index >= 15 is 0 Å². The van der Waals surface area contributed by atoms with Crippen molar-refractivity contribution >= 4 is 29.4 Å². The number of carbonyl (C=O) groups is 4. The third-order valence-electron chi connectivity index (χ3n) is 5.50. The molecule has 1 aromatic rings. The van der Waals surface area contributed by atoms with Gasteiger partial charge in [-0.1, -0.05) is 19.8 Å². The molecule has 1 heterocycles. The number of ether oxygens (including phenoxy) is 1. The van der Waals surface area contributed by atoms with Crippen molar-refractivity contribution in [2.75, 3.05) is 4.90 Å². The monoisotopic (exact) mass is 386 g/mol. The lowest BCUT2D eigenvalue weighted by Gasteiger charge is -2.30. The van der Waals surface area contributed by atoms with E-state index in [2.05, 4.69) is 12.2 Å². The number of esters is 1. The summed E-state index contributed by atoms with van der Waals surface area (Å²) in [7, 11) is 0. The highest BCUT2D eigenvalue weighted by atomic mass is 16.5. The number of amides is 3. The molecule has 0 radical (unpaired) electrons. The van der Waals surface area contributed by atoms with Crippen LogP contribution in [0.2, 0.25) is 0 Å². The summed E-state index contributed by atoms with van der Waals surface area (Å²) < 4.78 is 5.28. The second-order valence-corrected chi connectivity index (χ2v) is 7.59. The number of benzene rings is 1. The Balaban J connectivity index is 1.57. The Labute approximate surface area is 164 Å². The molecule has 3 amide bonds. The summed E-state index contributed by atoms with van der Waals surface area (Å²) in [6.07, 6.45) is 3.82. The van der Waals surface area contributed by atoms with Crippen LogP contribution < -0.4 is 10.2 Å². The van der Waals surface area contributed by atoms with E-state index in [0.717, 1.165) is 24.2 Å². The van der Waals surface area contributed by atoms with Crippen LogP contribution in [0.25, 0.3) is 0 Å². The SMILES string of the molecule is CC(OC(=O)c1ccc(N2C(=O)CCC2=O)cc1)C(=O)NC1CCCCC1C. The molecule has 3 atom stereocenters. The lowest BCUT2D eigenvalue weighted by molar-refractivity contribution is -0.130. The minimum Gasteiger partial charge on any atom is -0.449 e. The van der Waals surface area contributed by atoms with Gasteiger partial charge in [0.1, 0.15) is 0 Å². The Morgan fingerprint density at radius 1 is 1.07 bits per heavy atom. The van der Waals surface area contributed by atoms with Gasteiger partial charge in [0.15, 0.2) is 6.10 Å². The van der Waals surface area contributed by atoms with Gasteiger partial charge in [0.05, 0.1) is 11.3 Å². The first-order valence-electron chi connectivity index (χ1n) is 9.84. The van der Waals surface area contributed by atoms with E-state index in [1.54, 1.807) is 6.92 Å². The van der Waals surface area contributed by atoms with Crippen LogP contribution in [0.1, 0.15) is 62.7 Å². The Kier molecular flexibility index (Phi) is 6.11. The molecule has 1 aliphatic heterocycles. The molecule has 0 spiro atoms. The normalized spacial score (nSPS) is 23.4. The standard InChI is InChI=1S/C21H26N2O5/c1-13-5-3-4-6-17(13)22-20(26)14(2)28-21(27)15-7-9-16(10-8-15)23-18(24)11-12-19(23)25/h7-10,13-14,17H,3-6,11-12H2,1-2H3,(H,22,26). The van der Waals surface area contributed by atoms with E-state index in [-0.39, 0.29) is 42.2 Å². The third-order valence-corrected chi connectivity index (χ3v) is 5.50. The first kappa shape index (κ1) is 20.0. The number of carbonyl (C=O) groups excluding carboxylic acids is 4. The molecule has 7 nitrogen and oxygen atoms in total. The molecule has 1 saturated heterocycles. The predicted molar refractivity (Wildman–Crippen MR) is 103 cm³/mol. The highest BCUT2D eigenvalue weighted by molar-refractivity contribution is 6.19. The number of hydrogen-bond acceptors (Lipinski definition) is 5. The van der Waals surface area contributed by atoms with Crippen LogP contribution in [0.4, 0.5) is 5.69 Å². The number of nitrogens with one attached hydrogen (secondary N) is 1. The fourth-order valence-electron chi connectivity index (χ4n) is 3.72. The first-order chi connectivity index (χ1) is 13.4. The van der Waals surface area contributed by atoms with E-state index in [1.807, 2.05) is 0 Å². The van der Waals surface area contributed by atoms with Crippen LogP contribution in [-0.2, 0) is 19.1 Å². The molecule has 3 unspecified atom stereocenters. The number of imide groups is 1. The minimum absolute atomic E-state index is 0.122. The van der Waals surface area contributed by atoms with Gasteiger partial charge >= 0.3 is 5.97 Å². The second-order valence-electron chi connectivity index (χ2n) is 7.59. The van der Waals surface area contributed by atoms with Crippen LogP contribution in [0.5, 0.6) is 0 Å². The van der Waals surface area contributed by atoms with Crippen molar-refractivity contribution in [1.82, 2.24) is 5.32 Å². The maximum Gasteiger partial charge on any atom is 0.338 e. The Morgan fingerprint density at radius 3 is 2.29 bits per heavy atom. The van der Waals surface area contributed by atoms with Crippen molar-refractivity contribution in [3.63, 3.8) is 0 Å². The summed E-state index contributed by atoms with van der Waals surface area (Å²) in [5, 5.41) is 2.98. The van der Waals surface area contributed by atoms with Gasteiger partial charge in [0.25, 0.3) is 5.91 Å². The minimum atomic E-state index is -0.900. The molecule has 2 aliphatic rings. The predicted octanol–water partition coefficient (Wildman–Crippen LogP) is 2.58. The molecule has 150 valence electrons. The molecule has 28 heavy (non-hydrogen) atoms. The Morgan fingerprint density at radius 2 is 1.68 bits per heavy atom. The first-order valence-corrected chi connectivity index (χ1v) is 9.84. The van der Waals surface area contributed by atoms with Gasteiger partial charge in [-0.15, -0.1) is 0 Å². The average Bonchev–Trinajstić information content (AvgIpc) is 3.02. The van der Waals surface area contributed by atoms with Crippen molar-refractivity contribution in [2.24, 2.45) is 5.92 Å². The molecule has 1 aliphatic carbocycles. The Hall–Kier alpha value is -2.70. The van der Waals surface area contributed by atoms with E-state index in [9.17, 15) is 19.2 Å². The number of nitrogens with zero attached hydrogens (tertiary/aromatic N) is 1. The lowest BCUT2D eigenvalue weighted by Crippen LogP contribution is -2.45. The van der Waals surface area contributed by atoms with E-state index < -0.39 is 12.1 Å². The van der Waals surface area contributed by atoms with E-state index in [1.165, 1.54) is 30.7 Å². The summed E-state index contributed by atoms with van der Waals surface area (Å²) in [5.74, 6) is -0.990. The number of hydrogen-bond donors (Lipinski definition) is 1. The zero-order chi connectivity index (χ0) is 20.3. The summed E-state index contributed by atoms with van der Waals surface area (Å²) in [6.45, 7) is 3.68. The molecule has 1 N–H and O–H groups in total. The average molecular weight is 386 g/mol. The largest absolute Gasteiger partial charge is 0.449 e. The fraction of sp³-hybridized carbons (Fsp3) is 0.524. The van der Waals surface area contributed by atoms with Crippen LogP contribution in [0.3, 0.4) is 0 Å². The molecule has 1 saturated carbocycles. The van der Waals surface area contributed by atoms with Gasteiger partial charge < -0.3 is 10.1 Å². The second kappa shape index (κ2) is 8.54. The highest BCUT2D eigenvalue weighted by Gasteiger charge is 2.30. The van der Waals surface area contributed by atoms with Crippen LogP contribution in [0, 0.1) is 5.92 Å². The van der Waals surface area contributed by atoms with Gasteiger partial charge in [-0.2, -0.15) is 0 Å². The van der Waals surface area contributed by atoms with Crippen LogP contribution >= 0.6 is 0 Å². The van der Waals surface area contributed by atoms with Crippen molar-refractivity contribution in [1.29, 1.82) is 0 Å². The Bertz CT molecular complexity index is 758. The van der Waals surface area contributed by atoms with E-state index in [4.69, 9.17) is 4.74 Å². The van der Waals surface area contributed by atoms with Crippen LogP contribution in [-0.4, -0.2) is 35.8 Å². The fourth-order valence-corrected chi connectivity index (χ4v) is 3.72. The van der Waals surface area contributed by atoms with Crippen molar-refractivity contribution in [3.05, 3.63) is 29.8 Å². The topological polar surface area (TPSA) is 92.8 Å². The van der Waals surface area contributed by atoms with Gasteiger partial charge in [-0.25, -0.2) is 4.79 Å². The van der Waals surface area contributed by atoms with Gasteiger partial charge in [-0.05, 0) is 49.9 Å². The maximum absolute atomic E-state index is 12.4. The molecular formula is C21H26N2O5. The van der Waals surface area contributed by atoms with Gasteiger partial charge in [0.2, 0.25) is 11.8 Å². The zero-order valence-corrected chi connectivity index (χ0v) is 16.3. The summed E-state index contributed by atoms with van der Waals surface area (Å²) in [5.41, 5.74) is 0.689. The quantitative estimate of drug-likeness (QED) is 0.620. The van der Waals surface area contributed by atoms with Crippen molar-refractivity contribution < 1.29 is 23.9 Å². The molecular weight excluding hydrogens is 360 g/mol. The van der Waals surface area contributed by atoms with Crippen molar-refractivity contribution in [2.45, 2.75) is 64.5 Å². The number of anilines is 1. The van der Waals surface area contributed by atoms with Crippen LogP contribution in [0.15, 0.2) is 24.3 Å². The van der Waals surface area contributed by atoms with Crippen molar-refractivity contribution in [3.8, 4) is 0 Å². The van der Waals surface area contributed by atoms with E-state index in [0.29, 0.717) is 11.6 Å². The molecule has 2 fully saturated rings. The lowest BCUT2D eigenvalue weighted by atomic mass is 9.86. The third kappa shape index (κ3) is 4.40. The zero-order valence-electron chi connectivity index (χ0n) is 16.3. The van der Waals surface area contributed by atoms with Gasteiger partial charge in [-0.3, -0.25) is 19.3 Å². The maximum atomic E-state index is 12.4. The summed E-state index contributed by atoms with van der Waals surface area (Å²) in [4.78, 5) is 49.4. The molecule has 0 bridgehead atoms. The highest BCUT2D eigenvalue weighted by Crippen LogP contribution is 2.24. The molecule has 3 rings (SSSR count). The number of rotatable bonds is 5. The smallest absolute Gasteiger partial charge is 0.338 e. The molecule has 7 heteroatoms. The summed E-state index contributed by atoms with van der Waals surface area (Å²) in [6, 6.07) is 6.17. The molecule has 1 aromatic carbocycles. The molecule has 0 aromatic heterocycles. The summed E-state index contributed by atoms with van der Waals surface area (Å²) >= 11 is 0. The van der Waals surface area contributed by atoms with Gasteiger partial charge in [0, 0.05) is 18.9 Å².